The van der Waals surface area contributed by atoms with Crippen molar-refractivity contribution in [1.82, 2.24) is 29.3 Å². The summed E-state index contributed by atoms with van der Waals surface area (Å²) in [6.07, 6.45) is 8.72. The highest BCUT2D eigenvalue weighted by molar-refractivity contribution is 5.90. The van der Waals surface area contributed by atoms with E-state index >= 15 is 0 Å². The standard InChI is InChI=1S/C22H30N6O3.ClH/c1-22(2,3)13-28-16-7-8-18(25-19(16)26(4)21(28)30)27-9-5-6-15(12-27)10-24-20(29)17-11-23-14-31-17;/h7-8,11,14-15H,5-6,9-10,12-13H2,1-4H3,(H,24,29);1H/q+1;/p-1. The maximum absolute atomic E-state index is 12.8. The van der Waals surface area contributed by atoms with E-state index in [9.17, 15) is 9.59 Å². The molecule has 1 amide bonds. The highest BCUT2D eigenvalue weighted by Gasteiger charge is 2.29. The largest absolute Gasteiger partial charge is 1.00 e. The normalized spacial score (nSPS) is 18.1. The van der Waals surface area contributed by atoms with Crippen LogP contribution >= 0.6 is 0 Å². The first-order valence-corrected chi connectivity index (χ1v) is 10.7. The molecule has 0 bridgehead atoms. The van der Waals surface area contributed by atoms with Crippen molar-refractivity contribution in [2.75, 3.05) is 19.6 Å². The molecule has 1 radical (unpaired) electrons. The van der Waals surface area contributed by atoms with Crippen molar-refractivity contribution in [1.29, 1.82) is 0 Å². The van der Waals surface area contributed by atoms with Crippen LogP contribution in [0.15, 0.2) is 33.7 Å². The number of allylic oxidation sites excluding steroid dienone is 1. The lowest BCUT2D eigenvalue weighted by atomic mass is 9.97. The van der Waals surface area contributed by atoms with Crippen molar-refractivity contribution < 1.29 is 21.6 Å². The average molecular weight is 462 g/mol. The Balaban J connectivity index is 0.00000289. The summed E-state index contributed by atoms with van der Waals surface area (Å²) in [4.78, 5) is 35.7. The first kappa shape index (κ1) is 23.8. The van der Waals surface area contributed by atoms with Gasteiger partial charge in [-0.3, -0.25) is 14.3 Å². The van der Waals surface area contributed by atoms with Gasteiger partial charge in [0.25, 0.3) is 17.2 Å². The Morgan fingerprint density at radius 3 is 2.81 bits per heavy atom. The number of fused-ring (bicyclic) bond motifs is 1. The number of oxazole rings is 1. The molecule has 1 fully saturated rings. The number of amides is 1. The molecule has 4 heterocycles. The van der Waals surface area contributed by atoms with Gasteiger partial charge in [0, 0.05) is 25.1 Å². The number of aromatic nitrogens is 3. The van der Waals surface area contributed by atoms with Crippen LogP contribution in [-0.2, 0) is 13.6 Å². The van der Waals surface area contributed by atoms with Crippen LogP contribution in [0.1, 0.15) is 44.2 Å². The summed E-state index contributed by atoms with van der Waals surface area (Å²) < 4.78 is 8.48. The Labute approximate surface area is 192 Å². The molecule has 2 aliphatic rings. The molecule has 0 spiro atoms. The number of likely N-dealkylation sites (tertiary alicyclic amines) is 1. The number of halogens is 1. The number of nitrogens with zero attached hydrogens (tertiary/aromatic N) is 5. The Morgan fingerprint density at radius 1 is 1.34 bits per heavy atom. The van der Waals surface area contributed by atoms with Gasteiger partial charge in [-0.05, 0) is 24.3 Å². The van der Waals surface area contributed by atoms with Gasteiger partial charge < -0.3 is 22.1 Å². The lowest BCUT2D eigenvalue weighted by Gasteiger charge is -2.30. The molecule has 32 heavy (non-hydrogen) atoms. The first-order chi connectivity index (χ1) is 14.7. The second-order valence-electron chi connectivity index (χ2n) is 9.53. The van der Waals surface area contributed by atoms with Gasteiger partial charge in [0.15, 0.2) is 6.39 Å². The number of hydrogen-bond acceptors (Lipinski definition) is 6. The van der Waals surface area contributed by atoms with Crippen molar-refractivity contribution in [2.45, 2.75) is 40.2 Å². The van der Waals surface area contributed by atoms with Gasteiger partial charge in [-0.2, -0.15) is 0 Å². The van der Waals surface area contributed by atoms with Crippen molar-refractivity contribution >= 4 is 12.0 Å². The summed E-state index contributed by atoms with van der Waals surface area (Å²) in [5.74, 6) is 1.15. The van der Waals surface area contributed by atoms with Crippen LogP contribution < -0.4 is 39.2 Å². The molecule has 173 valence electrons. The number of rotatable bonds is 5. The predicted molar refractivity (Wildman–Crippen MR) is 115 cm³/mol. The fourth-order valence-electron chi connectivity index (χ4n) is 4.16. The smallest absolute Gasteiger partial charge is 0.386 e. The summed E-state index contributed by atoms with van der Waals surface area (Å²) in [5.41, 5.74) is 0.654. The highest BCUT2D eigenvalue weighted by atomic mass is 35.5. The molecule has 1 saturated heterocycles. The fraction of sp³-hybridized carbons (Fsp3) is 0.545. The summed E-state index contributed by atoms with van der Waals surface area (Å²) in [6, 6.07) is 0. The Kier molecular flexibility index (Phi) is 6.97. The summed E-state index contributed by atoms with van der Waals surface area (Å²) >= 11 is 0. The fourth-order valence-corrected chi connectivity index (χ4v) is 4.16. The number of imidazole rings is 1. The number of piperidine rings is 1. The lowest BCUT2D eigenvalue weighted by Crippen LogP contribution is -3.00. The number of nitrogens with one attached hydrogen (secondary N) is 1. The highest BCUT2D eigenvalue weighted by Crippen LogP contribution is 2.19. The molecule has 2 aromatic rings. The predicted octanol–water partition coefficient (Wildman–Crippen LogP) is -3.04. The Hall–Kier alpha value is -2.81. The second kappa shape index (κ2) is 9.36. The van der Waals surface area contributed by atoms with Gasteiger partial charge in [-0.25, -0.2) is 14.3 Å². The zero-order chi connectivity index (χ0) is 22.2. The second-order valence-corrected chi connectivity index (χ2v) is 9.53. The molecule has 4 rings (SSSR count). The number of carbonyl (C=O) groups excluding carboxylic acids is 1. The molecule has 2 aliphatic heterocycles. The lowest BCUT2D eigenvalue weighted by molar-refractivity contribution is -0.0000158. The van der Waals surface area contributed by atoms with E-state index in [0.717, 1.165) is 37.1 Å². The van der Waals surface area contributed by atoms with Crippen molar-refractivity contribution in [3.8, 4) is 0 Å². The quantitative estimate of drug-likeness (QED) is 0.510. The maximum atomic E-state index is 12.8. The third-order valence-corrected chi connectivity index (χ3v) is 5.65. The van der Waals surface area contributed by atoms with Crippen molar-refractivity contribution in [3.63, 3.8) is 0 Å². The van der Waals surface area contributed by atoms with Crippen molar-refractivity contribution in [3.05, 3.63) is 51.6 Å². The van der Waals surface area contributed by atoms with E-state index in [-0.39, 0.29) is 35.2 Å². The van der Waals surface area contributed by atoms with E-state index in [4.69, 9.17) is 9.41 Å². The molecule has 0 aromatic carbocycles. The van der Waals surface area contributed by atoms with E-state index in [1.165, 1.54) is 12.6 Å². The van der Waals surface area contributed by atoms with Crippen LogP contribution in [0.3, 0.4) is 0 Å². The van der Waals surface area contributed by atoms with Gasteiger partial charge in [-0.1, -0.05) is 25.8 Å². The number of hydrogen-bond donors (Lipinski definition) is 1. The van der Waals surface area contributed by atoms with Gasteiger partial charge in [0.05, 0.1) is 26.3 Å². The summed E-state index contributed by atoms with van der Waals surface area (Å²) in [5, 5.41) is 3.79. The average Bonchev–Trinajstić information content (AvgIpc) is 3.35. The van der Waals surface area contributed by atoms with E-state index in [0.29, 0.717) is 24.5 Å². The topological polar surface area (TPSA) is 99.4 Å². The molecule has 9 nitrogen and oxygen atoms in total. The van der Waals surface area contributed by atoms with E-state index in [1.54, 1.807) is 11.6 Å². The molecule has 0 saturated carbocycles. The van der Waals surface area contributed by atoms with Crippen LogP contribution in [-0.4, -0.2) is 44.6 Å². The SMILES string of the molecule is Cn1c2c(n(CC(C)(C)C)c1=O)=CC=C(N1CCCC(CNC(=O)c3cnco3)C1)[N+]=2.[Cl-]. The molecule has 1 N–H and O–H groups in total. The van der Waals surface area contributed by atoms with Crippen LogP contribution in [0.25, 0.3) is 6.08 Å². The van der Waals surface area contributed by atoms with Gasteiger partial charge in [-0.15, -0.1) is 0 Å². The minimum absolute atomic E-state index is 0. The first-order valence-electron chi connectivity index (χ1n) is 10.7. The monoisotopic (exact) mass is 461 g/mol. The molecule has 10 heteroatoms. The summed E-state index contributed by atoms with van der Waals surface area (Å²) in [6.45, 7) is 9.27. The molecule has 1 atom stereocenters. The third kappa shape index (κ3) is 4.98. The molecular formula is C22H30ClN6O3. The van der Waals surface area contributed by atoms with Crippen LogP contribution in [0.2, 0.25) is 0 Å². The third-order valence-electron chi connectivity index (χ3n) is 5.65. The zero-order valence-corrected chi connectivity index (χ0v) is 19.7. The molecule has 1 unspecified atom stereocenters. The van der Waals surface area contributed by atoms with Gasteiger partial charge >= 0.3 is 5.69 Å². The minimum Gasteiger partial charge on any atom is -1.00 e. The van der Waals surface area contributed by atoms with E-state index < -0.39 is 0 Å². The van der Waals surface area contributed by atoms with Crippen molar-refractivity contribution in [2.24, 2.45) is 18.4 Å². The van der Waals surface area contributed by atoms with Crippen LogP contribution in [0.5, 0.6) is 0 Å². The van der Waals surface area contributed by atoms with Crippen LogP contribution in [0, 0.1) is 11.3 Å². The van der Waals surface area contributed by atoms with Crippen LogP contribution in [0.4, 0.5) is 0 Å². The van der Waals surface area contributed by atoms with E-state index in [2.05, 4.69) is 36.0 Å². The number of carbonyl (C=O) groups is 1. The minimum atomic E-state index is -0.246. The Bertz CT molecular complexity index is 1170. The molecule has 0 aliphatic carbocycles. The zero-order valence-electron chi connectivity index (χ0n) is 19.0. The molecular weight excluding hydrogens is 432 g/mol. The Morgan fingerprint density at radius 2 is 2.12 bits per heavy atom. The van der Waals surface area contributed by atoms with Gasteiger partial charge in [0.2, 0.25) is 5.76 Å². The molecule has 2 aromatic heterocycles. The van der Waals surface area contributed by atoms with Gasteiger partial charge in [0.1, 0.15) is 5.35 Å². The summed E-state index contributed by atoms with van der Waals surface area (Å²) in [7, 11) is 1.78. The van der Waals surface area contributed by atoms with E-state index in [1.807, 2.05) is 16.7 Å². The maximum Gasteiger partial charge on any atom is 0.386 e.